The minimum atomic E-state index is -1.93. The van der Waals surface area contributed by atoms with E-state index in [9.17, 15) is 8.42 Å². The van der Waals surface area contributed by atoms with Crippen molar-refractivity contribution < 1.29 is 8.42 Å². The quantitative estimate of drug-likeness (QED) is 0.589. The number of hydrogen-bond donors (Lipinski definition) is 1. The van der Waals surface area contributed by atoms with Crippen molar-refractivity contribution in [2.75, 3.05) is 26.2 Å². The summed E-state index contributed by atoms with van der Waals surface area (Å²) in [6.07, 6.45) is 0.760. The second kappa shape index (κ2) is 4.41. The van der Waals surface area contributed by atoms with E-state index in [0.29, 0.717) is 4.86 Å². The van der Waals surface area contributed by atoms with Crippen LogP contribution in [-0.4, -0.2) is 50.4 Å². The average Bonchev–Trinajstić information content (AvgIpc) is 2.84. The van der Waals surface area contributed by atoms with Gasteiger partial charge >= 0.3 is 0 Å². The number of rotatable bonds is 1. The Morgan fingerprint density at radius 1 is 1.31 bits per heavy atom. The average molecular weight is 225 g/mol. The lowest BCUT2D eigenvalue weighted by Crippen LogP contribution is -2.45. The van der Waals surface area contributed by atoms with Crippen LogP contribution in [0.15, 0.2) is 0 Å². The van der Waals surface area contributed by atoms with Crippen LogP contribution in [0.4, 0.5) is 0 Å². The second-order valence-corrected chi connectivity index (χ2v) is 4.20. The van der Waals surface area contributed by atoms with Gasteiger partial charge in [-0.15, -0.1) is 12.4 Å². The van der Waals surface area contributed by atoms with Crippen molar-refractivity contribution in [1.29, 1.82) is 0 Å². The minimum Gasteiger partial charge on any atom is -0.314 e. The van der Waals surface area contributed by atoms with Crippen LogP contribution in [0.1, 0.15) is 6.42 Å². The number of halogens is 1. The maximum Gasteiger partial charge on any atom is 0.214 e. The third-order valence-electron chi connectivity index (χ3n) is 2.41. The molecule has 1 N–H and O–H groups in total. The molecule has 2 fully saturated rings. The molecule has 2 aliphatic rings. The zero-order valence-electron chi connectivity index (χ0n) is 7.19. The fourth-order valence-corrected chi connectivity index (χ4v) is 2.30. The summed E-state index contributed by atoms with van der Waals surface area (Å²) >= 11 is 0. The molecule has 2 rings (SSSR count). The highest BCUT2D eigenvalue weighted by Crippen LogP contribution is 2.23. The van der Waals surface area contributed by atoms with E-state index in [0.717, 1.165) is 32.6 Å². The van der Waals surface area contributed by atoms with Crippen molar-refractivity contribution in [2.24, 2.45) is 0 Å². The molecule has 4 nitrogen and oxygen atoms in total. The standard InChI is InChI=1S/C7H12N2O2S.ClH/c10-12(11)7-5-6(7)9-3-1-8-2-4-9;/h6,8H,1-5H2;1H. The van der Waals surface area contributed by atoms with Gasteiger partial charge in [0.1, 0.15) is 0 Å². The molecule has 1 aliphatic carbocycles. The number of hydrogen-bond acceptors (Lipinski definition) is 4. The maximum atomic E-state index is 10.5. The van der Waals surface area contributed by atoms with Gasteiger partial charge in [-0.05, 0) is 0 Å². The molecule has 13 heavy (non-hydrogen) atoms. The SMILES string of the molecule is Cl.O=S(=O)=C1CC1N1CCNCC1. The van der Waals surface area contributed by atoms with E-state index < -0.39 is 10.3 Å². The first-order valence-electron chi connectivity index (χ1n) is 4.19. The molecule has 1 atom stereocenters. The van der Waals surface area contributed by atoms with Crippen molar-refractivity contribution in [3.63, 3.8) is 0 Å². The highest BCUT2D eigenvalue weighted by molar-refractivity contribution is 7.73. The fraction of sp³-hybridized carbons (Fsp3) is 0.857. The molecule has 0 spiro atoms. The monoisotopic (exact) mass is 224 g/mol. The van der Waals surface area contributed by atoms with Crippen LogP contribution in [0.3, 0.4) is 0 Å². The first-order valence-corrected chi connectivity index (χ1v) is 5.26. The third kappa shape index (κ3) is 2.43. The normalized spacial score (nSPS) is 28.0. The Morgan fingerprint density at radius 2 is 1.92 bits per heavy atom. The lowest BCUT2D eigenvalue weighted by Gasteiger charge is -2.26. The predicted octanol–water partition coefficient (Wildman–Crippen LogP) is -0.863. The molecule has 0 aromatic heterocycles. The summed E-state index contributed by atoms with van der Waals surface area (Å²) in [6.45, 7) is 3.92. The van der Waals surface area contributed by atoms with Crippen LogP contribution < -0.4 is 5.32 Å². The van der Waals surface area contributed by atoms with Crippen LogP contribution in [0.25, 0.3) is 0 Å². The Bertz CT molecular complexity index is 300. The number of piperazine rings is 1. The van der Waals surface area contributed by atoms with Crippen LogP contribution in [0.2, 0.25) is 0 Å². The molecule has 1 heterocycles. The summed E-state index contributed by atoms with van der Waals surface area (Å²) < 4.78 is 21.1. The third-order valence-corrected chi connectivity index (χ3v) is 3.28. The highest BCUT2D eigenvalue weighted by atomic mass is 35.5. The van der Waals surface area contributed by atoms with Gasteiger partial charge in [0.05, 0.1) is 10.9 Å². The number of nitrogens with zero attached hydrogens (tertiary/aromatic N) is 1. The van der Waals surface area contributed by atoms with Gasteiger partial charge in [-0.25, -0.2) is 0 Å². The van der Waals surface area contributed by atoms with Crippen LogP contribution in [-0.2, 0) is 10.3 Å². The van der Waals surface area contributed by atoms with Gasteiger partial charge in [0.25, 0.3) is 0 Å². The summed E-state index contributed by atoms with van der Waals surface area (Å²) in [5.41, 5.74) is 0. The molecule has 1 aliphatic heterocycles. The second-order valence-electron chi connectivity index (χ2n) is 3.21. The summed E-state index contributed by atoms with van der Waals surface area (Å²) in [4.78, 5) is 2.93. The molecule has 0 aromatic carbocycles. The first kappa shape index (κ1) is 11.0. The van der Waals surface area contributed by atoms with Crippen LogP contribution >= 0.6 is 12.4 Å². The largest absolute Gasteiger partial charge is 0.314 e. The molecular weight excluding hydrogens is 212 g/mol. The van der Waals surface area contributed by atoms with Gasteiger partial charge in [-0.3, -0.25) is 4.90 Å². The summed E-state index contributed by atoms with van der Waals surface area (Å²) in [6, 6.07) is 0.241. The van der Waals surface area contributed by atoms with Gasteiger partial charge in [-0.2, -0.15) is 8.42 Å². The van der Waals surface area contributed by atoms with Crippen molar-refractivity contribution >= 4 is 27.6 Å². The molecule has 1 unspecified atom stereocenters. The summed E-state index contributed by atoms with van der Waals surface area (Å²) in [7, 11) is -1.93. The van der Waals surface area contributed by atoms with E-state index in [1.165, 1.54) is 0 Å². The molecule has 0 radical (unpaired) electrons. The van der Waals surface area contributed by atoms with Gasteiger partial charge in [0, 0.05) is 32.6 Å². The van der Waals surface area contributed by atoms with Crippen LogP contribution in [0.5, 0.6) is 0 Å². The minimum absolute atomic E-state index is 0. The van der Waals surface area contributed by atoms with Gasteiger partial charge < -0.3 is 5.32 Å². The van der Waals surface area contributed by atoms with E-state index in [2.05, 4.69) is 10.2 Å². The van der Waals surface area contributed by atoms with Gasteiger partial charge in [-0.1, -0.05) is 0 Å². The Morgan fingerprint density at radius 3 is 2.38 bits per heavy atom. The van der Waals surface area contributed by atoms with Crippen LogP contribution in [0, 0.1) is 0 Å². The van der Waals surface area contributed by atoms with E-state index in [1.807, 2.05) is 0 Å². The fourth-order valence-electron chi connectivity index (χ4n) is 1.64. The summed E-state index contributed by atoms with van der Waals surface area (Å²) in [5, 5.41) is 3.24. The summed E-state index contributed by atoms with van der Waals surface area (Å²) in [5.74, 6) is 0. The zero-order chi connectivity index (χ0) is 8.55. The van der Waals surface area contributed by atoms with Crippen molar-refractivity contribution in [3.05, 3.63) is 0 Å². The van der Waals surface area contributed by atoms with E-state index in [4.69, 9.17) is 0 Å². The van der Waals surface area contributed by atoms with Crippen molar-refractivity contribution in [2.45, 2.75) is 12.5 Å². The molecular formula is C7H13ClN2O2S. The molecule has 0 aromatic rings. The molecule has 0 amide bonds. The Balaban J connectivity index is 0.000000845. The lowest BCUT2D eigenvalue weighted by atomic mass is 10.3. The zero-order valence-corrected chi connectivity index (χ0v) is 8.83. The Kier molecular flexibility index (Phi) is 3.73. The highest BCUT2D eigenvalue weighted by Gasteiger charge is 2.38. The molecule has 1 saturated heterocycles. The van der Waals surface area contributed by atoms with Gasteiger partial charge in [0.2, 0.25) is 10.3 Å². The Labute approximate surface area is 85.2 Å². The van der Waals surface area contributed by atoms with E-state index >= 15 is 0 Å². The van der Waals surface area contributed by atoms with E-state index in [1.54, 1.807) is 0 Å². The van der Waals surface area contributed by atoms with Gasteiger partial charge in [0.15, 0.2) is 0 Å². The number of nitrogens with one attached hydrogen (secondary N) is 1. The molecule has 6 heteroatoms. The molecule has 1 saturated carbocycles. The van der Waals surface area contributed by atoms with Crippen molar-refractivity contribution in [3.8, 4) is 0 Å². The first-order chi connectivity index (χ1) is 5.79. The Hall–Kier alpha value is -0.100. The molecule has 0 bridgehead atoms. The lowest BCUT2D eigenvalue weighted by molar-refractivity contribution is 0.243. The van der Waals surface area contributed by atoms with Crippen molar-refractivity contribution in [1.82, 2.24) is 10.2 Å². The van der Waals surface area contributed by atoms with E-state index in [-0.39, 0.29) is 18.4 Å². The smallest absolute Gasteiger partial charge is 0.214 e. The molecule has 76 valence electrons. The topological polar surface area (TPSA) is 49.4 Å². The predicted molar refractivity (Wildman–Crippen MR) is 54.0 cm³/mol. The maximum absolute atomic E-state index is 10.5.